The number of carbonyl (C=O) groups excluding carboxylic acids is 3. The van der Waals surface area contributed by atoms with Gasteiger partial charge in [0, 0.05) is 19.3 Å². The second-order valence-corrected chi connectivity index (χ2v) is 17.4. The van der Waals surface area contributed by atoms with Gasteiger partial charge >= 0.3 is 17.9 Å². The highest BCUT2D eigenvalue weighted by molar-refractivity contribution is 5.71. The number of ether oxygens (including phenoxy) is 3. The van der Waals surface area contributed by atoms with Gasteiger partial charge in [-0.05, 0) is 116 Å². The summed E-state index contributed by atoms with van der Waals surface area (Å²) < 4.78 is 16.8. The first-order valence-corrected chi connectivity index (χ1v) is 26.4. The largest absolute Gasteiger partial charge is 0.462 e. The van der Waals surface area contributed by atoms with Crippen LogP contribution in [0.5, 0.6) is 0 Å². The van der Waals surface area contributed by atoms with Gasteiger partial charge in [-0.1, -0.05) is 190 Å². The molecule has 1 unspecified atom stereocenters. The van der Waals surface area contributed by atoms with Crippen LogP contribution in [0.4, 0.5) is 0 Å². The van der Waals surface area contributed by atoms with Crippen molar-refractivity contribution in [3.8, 4) is 0 Å². The summed E-state index contributed by atoms with van der Waals surface area (Å²) in [5, 5.41) is 0. The summed E-state index contributed by atoms with van der Waals surface area (Å²) in [5.74, 6) is -0.957. The van der Waals surface area contributed by atoms with E-state index in [4.69, 9.17) is 14.2 Å². The van der Waals surface area contributed by atoms with Crippen LogP contribution in [0.2, 0.25) is 0 Å². The smallest absolute Gasteiger partial charge is 0.306 e. The normalized spacial score (nSPS) is 12.6. The van der Waals surface area contributed by atoms with Crippen molar-refractivity contribution in [2.45, 2.75) is 258 Å². The average molecular weight is 879 g/mol. The van der Waals surface area contributed by atoms with Crippen molar-refractivity contribution < 1.29 is 28.6 Å². The Hall–Kier alpha value is -3.15. The highest BCUT2D eigenvalue weighted by Crippen LogP contribution is 2.13. The minimum absolute atomic E-state index is 0.0976. The molecule has 362 valence electrons. The zero-order chi connectivity index (χ0) is 45.8. The number of hydrogen-bond acceptors (Lipinski definition) is 6. The molecule has 0 aromatic carbocycles. The summed E-state index contributed by atoms with van der Waals surface area (Å²) >= 11 is 0. The first-order valence-electron chi connectivity index (χ1n) is 26.4. The van der Waals surface area contributed by atoms with Crippen LogP contribution in [0.15, 0.2) is 72.9 Å². The fourth-order valence-electron chi connectivity index (χ4n) is 7.12. The highest BCUT2D eigenvalue weighted by Gasteiger charge is 2.19. The molecule has 0 heterocycles. The minimum atomic E-state index is -0.801. The Balaban J connectivity index is 4.48. The van der Waals surface area contributed by atoms with Crippen molar-refractivity contribution in [1.29, 1.82) is 0 Å². The van der Waals surface area contributed by atoms with E-state index in [0.717, 1.165) is 103 Å². The fraction of sp³-hybridized carbons (Fsp3) is 0.737. The maximum absolute atomic E-state index is 12.8. The maximum atomic E-state index is 12.8. The lowest BCUT2D eigenvalue weighted by Crippen LogP contribution is -2.30. The molecule has 0 aromatic heterocycles. The van der Waals surface area contributed by atoms with Crippen LogP contribution in [0, 0.1) is 0 Å². The van der Waals surface area contributed by atoms with Crippen molar-refractivity contribution in [1.82, 2.24) is 0 Å². The molecule has 0 aromatic rings. The number of allylic oxidation sites excluding steroid dienone is 12. The lowest BCUT2D eigenvalue weighted by Gasteiger charge is -2.18. The third-order valence-corrected chi connectivity index (χ3v) is 11.2. The Kier molecular flexibility index (Phi) is 48.9. The Morgan fingerprint density at radius 1 is 0.317 bits per heavy atom. The Bertz CT molecular complexity index is 1190. The summed E-state index contributed by atoms with van der Waals surface area (Å²) in [6, 6.07) is 0. The summed E-state index contributed by atoms with van der Waals surface area (Å²) in [7, 11) is 0. The lowest BCUT2D eigenvalue weighted by atomic mass is 10.1. The standard InChI is InChI=1S/C57H98O6/c1-4-7-10-13-16-19-22-25-28-31-34-37-40-43-46-49-55(58)61-52-54(63-57(60)51-48-45-42-39-36-33-30-27-24-21-18-15-12-9-6-3)53-62-56(59)50-47-44-41-38-35-32-29-26-23-20-17-14-11-8-5-2/h16,18-19,21,25-30,34,37,54H,4-15,17,20,22-24,31-33,35-36,38-53H2,1-3H3/b19-16+,21-18+,28-25+,29-26+,30-27+,37-34+. The molecule has 0 N–H and O–H groups in total. The third-order valence-electron chi connectivity index (χ3n) is 11.2. The van der Waals surface area contributed by atoms with Crippen LogP contribution in [-0.2, 0) is 28.6 Å². The van der Waals surface area contributed by atoms with E-state index in [1.165, 1.54) is 109 Å². The van der Waals surface area contributed by atoms with Gasteiger partial charge in [-0.2, -0.15) is 0 Å². The van der Waals surface area contributed by atoms with E-state index < -0.39 is 6.10 Å². The molecule has 0 spiro atoms. The van der Waals surface area contributed by atoms with Gasteiger partial charge in [0.2, 0.25) is 0 Å². The number of esters is 3. The van der Waals surface area contributed by atoms with E-state index in [2.05, 4.69) is 93.7 Å². The average Bonchev–Trinajstić information content (AvgIpc) is 3.28. The zero-order valence-electron chi connectivity index (χ0n) is 41.3. The summed E-state index contributed by atoms with van der Waals surface area (Å²) in [4.78, 5) is 38.0. The Morgan fingerprint density at radius 3 is 0.968 bits per heavy atom. The van der Waals surface area contributed by atoms with E-state index >= 15 is 0 Å². The zero-order valence-corrected chi connectivity index (χ0v) is 41.3. The van der Waals surface area contributed by atoms with Gasteiger partial charge in [0.1, 0.15) is 13.2 Å². The van der Waals surface area contributed by atoms with E-state index in [1.807, 2.05) is 0 Å². The molecule has 0 aliphatic rings. The number of hydrogen-bond donors (Lipinski definition) is 0. The van der Waals surface area contributed by atoms with Gasteiger partial charge in [-0.25, -0.2) is 0 Å². The monoisotopic (exact) mass is 879 g/mol. The molecule has 0 fully saturated rings. The molecule has 6 nitrogen and oxygen atoms in total. The molecule has 6 heteroatoms. The van der Waals surface area contributed by atoms with Gasteiger partial charge in [-0.3, -0.25) is 14.4 Å². The molecule has 63 heavy (non-hydrogen) atoms. The number of unbranched alkanes of at least 4 members (excludes halogenated alkanes) is 24. The van der Waals surface area contributed by atoms with E-state index in [0.29, 0.717) is 19.3 Å². The molecular formula is C57H98O6. The Morgan fingerprint density at radius 2 is 0.571 bits per heavy atom. The highest BCUT2D eigenvalue weighted by atomic mass is 16.6. The van der Waals surface area contributed by atoms with Crippen molar-refractivity contribution in [2.24, 2.45) is 0 Å². The lowest BCUT2D eigenvalue weighted by molar-refractivity contribution is -0.167. The molecule has 1 atom stereocenters. The van der Waals surface area contributed by atoms with Gasteiger partial charge < -0.3 is 14.2 Å². The molecule has 0 aliphatic carbocycles. The molecule has 0 amide bonds. The van der Waals surface area contributed by atoms with E-state index in [1.54, 1.807) is 0 Å². The molecule has 0 bridgehead atoms. The molecule has 0 saturated heterocycles. The van der Waals surface area contributed by atoms with Crippen molar-refractivity contribution >= 4 is 17.9 Å². The van der Waals surface area contributed by atoms with Gasteiger partial charge in [0.15, 0.2) is 6.10 Å². The molecular weight excluding hydrogens is 781 g/mol. The van der Waals surface area contributed by atoms with Crippen LogP contribution in [0.1, 0.15) is 252 Å². The summed E-state index contributed by atoms with van der Waals surface area (Å²) in [6.45, 7) is 6.53. The van der Waals surface area contributed by atoms with Gasteiger partial charge in [0.25, 0.3) is 0 Å². The van der Waals surface area contributed by atoms with Crippen LogP contribution in [-0.4, -0.2) is 37.2 Å². The number of rotatable bonds is 47. The van der Waals surface area contributed by atoms with Crippen LogP contribution in [0.3, 0.4) is 0 Å². The predicted octanol–water partition coefficient (Wildman–Crippen LogP) is 17.4. The quantitative estimate of drug-likeness (QED) is 0.0262. The first-order chi connectivity index (χ1) is 31.0. The first kappa shape index (κ1) is 59.9. The van der Waals surface area contributed by atoms with E-state index in [9.17, 15) is 14.4 Å². The van der Waals surface area contributed by atoms with Crippen LogP contribution >= 0.6 is 0 Å². The Labute approximate surface area is 389 Å². The molecule has 0 radical (unpaired) electrons. The minimum Gasteiger partial charge on any atom is -0.462 e. The van der Waals surface area contributed by atoms with Gasteiger partial charge in [0.05, 0.1) is 0 Å². The van der Waals surface area contributed by atoms with Crippen molar-refractivity contribution in [2.75, 3.05) is 13.2 Å². The van der Waals surface area contributed by atoms with Crippen molar-refractivity contribution in [3.05, 3.63) is 72.9 Å². The molecule has 0 rings (SSSR count). The fourth-order valence-corrected chi connectivity index (χ4v) is 7.12. The third kappa shape index (κ3) is 49.7. The number of carbonyl (C=O) groups is 3. The maximum Gasteiger partial charge on any atom is 0.306 e. The molecule has 0 aliphatic heterocycles. The second-order valence-electron chi connectivity index (χ2n) is 17.4. The van der Waals surface area contributed by atoms with Crippen LogP contribution in [0.25, 0.3) is 0 Å². The van der Waals surface area contributed by atoms with Gasteiger partial charge in [-0.15, -0.1) is 0 Å². The second kappa shape index (κ2) is 51.5. The summed E-state index contributed by atoms with van der Waals surface area (Å²) in [5.41, 5.74) is 0. The topological polar surface area (TPSA) is 78.9 Å². The summed E-state index contributed by atoms with van der Waals surface area (Å²) in [6.07, 6.45) is 64.5. The predicted molar refractivity (Wildman–Crippen MR) is 270 cm³/mol. The SMILES string of the molecule is CCCCC/C=C/C/C=C/C/C=C/CCCCC(=O)OCC(COC(=O)CCCCCCC/C=C/CCCCCCCC)OC(=O)CCCCCCC/C=C/C/C=C/CCCCC. The van der Waals surface area contributed by atoms with Crippen LogP contribution < -0.4 is 0 Å². The molecule has 0 saturated carbocycles. The van der Waals surface area contributed by atoms with Crippen molar-refractivity contribution in [3.63, 3.8) is 0 Å². The van der Waals surface area contributed by atoms with E-state index in [-0.39, 0.29) is 31.1 Å².